The van der Waals surface area contributed by atoms with Gasteiger partial charge in [-0.05, 0) is 12.1 Å². The minimum Gasteiger partial charge on any atom is -0.494 e. The van der Waals surface area contributed by atoms with Gasteiger partial charge in [-0.3, -0.25) is 9.69 Å². The molecule has 1 atom stereocenters. The van der Waals surface area contributed by atoms with Crippen LogP contribution < -0.4 is 9.64 Å². The zero-order valence-electron chi connectivity index (χ0n) is 12.0. The van der Waals surface area contributed by atoms with Crippen molar-refractivity contribution in [2.75, 3.05) is 44.8 Å². The van der Waals surface area contributed by atoms with Gasteiger partial charge in [0.15, 0.2) is 0 Å². The summed E-state index contributed by atoms with van der Waals surface area (Å²) < 4.78 is 23.5. The Labute approximate surface area is 123 Å². The van der Waals surface area contributed by atoms with E-state index >= 15 is 0 Å². The van der Waals surface area contributed by atoms with E-state index in [2.05, 4.69) is 9.80 Å². The topological polar surface area (TPSA) is 42.0 Å². The molecule has 0 aromatic heterocycles. The number of benzene rings is 1. The van der Waals surface area contributed by atoms with E-state index in [1.54, 1.807) is 13.2 Å². The standard InChI is InChI=1S/C15H19FN2O3/c1-20-14-10-11(16)2-3-12(14)17-5-7-18(8-6-17)13-4-9-21-15(13)19/h2-3,10,13H,4-9H2,1H3. The second-order valence-electron chi connectivity index (χ2n) is 5.31. The molecular formula is C15H19FN2O3. The Morgan fingerprint density at radius 3 is 2.67 bits per heavy atom. The molecule has 0 aliphatic carbocycles. The number of esters is 1. The summed E-state index contributed by atoms with van der Waals surface area (Å²) >= 11 is 0. The molecule has 0 amide bonds. The molecule has 6 heteroatoms. The smallest absolute Gasteiger partial charge is 0.323 e. The third-order valence-corrected chi connectivity index (χ3v) is 4.15. The van der Waals surface area contributed by atoms with Crippen molar-refractivity contribution in [1.82, 2.24) is 4.90 Å². The molecule has 5 nitrogen and oxygen atoms in total. The third-order valence-electron chi connectivity index (χ3n) is 4.15. The van der Waals surface area contributed by atoms with Crippen LogP contribution in [0, 0.1) is 5.82 Å². The van der Waals surface area contributed by atoms with Crippen LogP contribution in [0.2, 0.25) is 0 Å². The highest BCUT2D eigenvalue weighted by Crippen LogP contribution is 2.30. The van der Waals surface area contributed by atoms with Crippen LogP contribution in [-0.2, 0) is 9.53 Å². The third kappa shape index (κ3) is 2.81. The summed E-state index contributed by atoms with van der Waals surface area (Å²) in [6, 6.07) is 4.49. The van der Waals surface area contributed by atoms with Crippen LogP contribution in [0.5, 0.6) is 5.75 Å². The minimum absolute atomic E-state index is 0.0951. The minimum atomic E-state index is -0.303. The summed E-state index contributed by atoms with van der Waals surface area (Å²) in [5, 5.41) is 0. The van der Waals surface area contributed by atoms with E-state index in [4.69, 9.17) is 9.47 Å². The average Bonchev–Trinajstić information content (AvgIpc) is 2.93. The number of carbonyl (C=O) groups is 1. The number of methoxy groups -OCH3 is 1. The van der Waals surface area contributed by atoms with Crippen LogP contribution in [0.15, 0.2) is 18.2 Å². The van der Waals surface area contributed by atoms with Gasteiger partial charge >= 0.3 is 5.97 Å². The van der Waals surface area contributed by atoms with E-state index in [1.807, 2.05) is 0 Å². The molecule has 0 saturated carbocycles. The Bertz CT molecular complexity index is 530. The van der Waals surface area contributed by atoms with Gasteiger partial charge in [-0.25, -0.2) is 4.39 Å². The van der Waals surface area contributed by atoms with Crippen molar-refractivity contribution in [3.05, 3.63) is 24.0 Å². The van der Waals surface area contributed by atoms with Crippen molar-refractivity contribution in [3.63, 3.8) is 0 Å². The van der Waals surface area contributed by atoms with Crippen molar-refractivity contribution in [2.24, 2.45) is 0 Å². The number of hydrogen-bond donors (Lipinski definition) is 0. The highest BCUT2D eigenvalue weighted by atomic mass is 19.1. The molecule has 21 heavy (non-hydrogen) atoms. The molecule has 2 saturated heterocycles. The number of halogens is 1. The van der Waals surface area contributed by atoms with E-state index in [1.165, 1.54) is 12.1 Å². The van der Waals surface area contributed by atoms with Crippen LogP contribution >= 0.6 is 0 Å². The second-order valence-corrected chi connectivity index (χ2v) is 5.31. The summed E-state index contributed by atoms with van der Waals surface area (Å²) in [7, 11) is 1.54. The molecule has 3 rings (SSSR count). The largest absolute Gasteiger partial charge is 0.494 e. The van der Waals surface area contributed by atoms with Crippen LogP contribution in [0.1, 0.15) is 6.42 Å². The maximum absolute atomic E-state index is 13.3. The van der Waals surface area contributed by atoms with Gasteiger partial charge in [0.2, 0.25) is 0 Å². The molecule has 0 N–H and O–H groups in total. The lowest BCUT2D eigenvalue weighted by atomic mass is 10.1. The lowest BCUT2D eigenvalue weighted by molar-refractivity contribution is -0.142. The molecule has 2 aliphatic rings. The SMILES string of the molecule is COc1cc(F)ccc1N1CCN(C2CCOC2=O)CC1. The summed E-state index contributed by atoms with van der Waals surface area (Å²) in [5.74, 6) is 0.134. The number of piperazine rings is 1. The van der Waals surface area contributed by atoms with E-state index < -0.39 is 0 Å². The molecule has 0 radical (unpaired) electrons. The highest BCUT2D eigenvalue weighted by Gasteiger charge is 2.34. The Balaban J connectivity index is 1.67. The van der Waals surface area contributed by atoms with E-state index in [0.717, 1.165) is 38.3 Å². The number of cyclic esters (lactones) is 1. The first kappa shape index (κ1) is 14.1. The molecule has 0 bridgehead atoms. The lowest BCUT2D eigenvalue weighted by Gasteiger charge is -2.38. The summed E-state index contributed by atoms with van der Waals surface area (Å²) in [6.45, 7) is 3.67. The molecule has 1 unspecified atom stereocenters. The van der Waals surface area contributed by atoms with Crippen molar-refractivity contribution >= 4 is 11.7 Å². The van der Waals surface area contributed by atoms with Gasteiger partial charge in [-0.15, -0.1) is 0 Å². The number of ether oxygens (including phenoxy) is 2. The number of anilines is 1. The predicted octanol–water partition coefficient (Wildman–Crippen LogP) is 1.27. The van der Waals surface area contributed by atoms with Crippen molar-refractivity contribution in [3.8, 4) is 5.75 Å². The Morgan fingerprint density at radius 2 is 2.05 bits per heavy atom. The van der Waals surface area contributed by atoms with Crippen LogP contribution in [0.25, 0.3) is 0 Å². The molecule has 2 heterocycles. The van der Waals surface area contributed by atoms with Crippen molar-refractivity contribution in [1.29, 1.82) is 0 Å². The quantitative estimate of drug-likeness (QED) is 0.785. The zero-order chi connectivity index (χ0) is 14.8. The molecular weight excluding hydrogens is 275 g/mol. The lowest BCUT2D eigenvalue weighted by Crippen LogP contribution is -2.51. The molecule has 2 fully saturated rings. The first-order chi connectivity index (χ1) is 10.2. The molecule has 0 spiro atoms. The normalized spacial score (nSPS) is 23.2. The number of carbonyl (C=O) groups excluding carboxylic acids is 1. The fraction of sp³-hybridized carbons (Fsp3) is 0.533. The highest BCUT2D eigenvalue weighted by molar-refractivity contribution is 5.77. The van der Waals surface area contributed by atoms with Gasteiger partial charge in [0, 0.05) is 38.7 Å². The van der Waals surface area contributed by atoms with Gasteiger partial charge in [0.25, 0.3) is 0 Å². The van der Waals surface area contributed by atoms with Gasteiger partial charge in [0.1, 0.15) is 17.6 Å². The zero-order valence-corrected chi connectivity index (χ0v) is 12.0. The fourth-order valence-corrected chi connectivity index (χ4v) is 3.00. The molecule has 1 aromatic carbocycles. The average molecular weight is 294 g/mol. The van der Waals surface area contributed by atoms with Gasteiger partial charge in [-0.2, -0.15) is 0 Å². The first-order valence-corrected chi connectivity index (χ1v) is 7.18. The Morgan fingerprint density at radius 1 is 1.29 bits per heavy atom. The monoisotopic (exact) mass is 294 g/mol. The van der Waals surface area contributed by atoms with E-state index in [9.17, 15) is 9.18 Å². The summed E-state index contributed by atoms with van der Waals surface area (Å²) in [5.41, 5.74) is 0.896. The van der Waals surface area contributed by atoms with Gasteiger partial charge in [-0.1, -0.05) is 0 Å². The number of hydrogen-bond acceptors (Lipinski definition) is 5. The van der Waals surface area contributed by atoms with E-state index in [-0.39, 0.29) is 17.8 Å². The first-order valence-electron chi connectivity index (χ1n) is 7.18. The van der Waals surface area contributed by atoms with Crippen LogP contribution in [0.3, 0.4) is 0 Å². The van der Waals surface area contributed by atoms with Crippen molar-refractivity contribution in [2.45, 2.75) is 12.5 Å². The van der Waals surface area contributed by atoms with Gasteiger partial charge < -0.3 is 14.4 Å². The number of nitrogens with zero attached hydrogens (tertiary/aromatic N) is 2. The van der Waals surface area contributed by atoms with Crippen molar-refractivity contribution < 1.29 is 18.7 Å². The maximum Gasteiger partial charge on any atom is 0.323 e. The molecule has 114 valence electrons. The van der Waals surface area contributed by atoms with Gasteiger partial charge in [0.05, 0.1) is 19.4 Å². The van der Waals surface area contributed by atoms with E-state index in [0.29, 0.717) is 12.4 Å². The summed E-state index contributed by atoms with van der Waals surface area (Å²) in [4.78, 5) is 16.0. The Kier molecular flexibility index (Phi) is 3.96. The molecule has 2 aliphatic heterocycles. The summed E-state index contributed by atoms with van der Waals surface area (Å²) in [6.07, 6.45) is 0.776. The second kappa shape index (κ2) is 5.89. The predicted molar refractivity (Wildman–Crippen MR) is 76.1 cm³/mol. The number of rotatable bonds is 3. The molecule has 1 aromatic rings. The van der Waals surface area contributed by atoms with Crippen LogP contribution in [0.4, 0.5) is 10.1 Å². The Hall–Kier alpha value is -1.82. The maximum atomic E-state index is 13.3. The fourth-order valence-electron chi connectivity index (χ4n) is 3.00. The van der Waals surface area contributed by atoms with Crippen LogP contribution in [-0.4, -0.2) is 56.8 Å².